The fraction of sp³-hybridized carbons (Fsp3) is 1.00. The molecule has 1 fully saturated rings. The van der Waals surface area contributed by atoms with Crippen LogP contribution in [0.3, 0.4) is 0 Å². The van der Waals surface area contributed by atoms with Crippen molar-refractivity contribution in [3.63, 3.8) is 0 Å². The Balaban J connectivity index is 2.63. The lowest BCUT2D eigenvalue weighted by Gasteiger charge is -2.35. The zero-order valence-corrected chi connectivity index (χ0v) is 13.5. The lowest BCUT2D eigenvalue weighted by molar-refractivity contribution is 0.241. The Bertz CT molecular complexity index is 353. The van der Waals surface area contributed by atoms with Gasteiger partial charge in [0.05, 0.1) is 0 Å². The maximum Gasteiger partial charge on any atom is 0.281 e. The highest BCUT2D eigenvalue weighted by Gasteiger charge is 2.32. The van der Waals surface area contributed by atoms with E-state index in [4.69, 9.17) is 0 Å². The van der Waals surface area contributed by atoms with Gasteiger partial charge in [-0.3, -0.25) is 0 Å². The summed E-state index contributed by atoms with van der Waals surface area (Å²) in [5.74, 6) is 0.432. The Morgan fingerprint density at radius 1 is 1.32 bits per heavy atom. The smallest absolute Gasteiger partial charge is 0.281 e. The molecule has 1 unspecified atom stereocenters. The fourth-order valence-electron chi connectivity index (χ4n) is 2.52. The van der Waals surface area contributed by atoms with Gasteiger partial charge in [-0.1, -0.05) is 27.7 Å². The Kier molecular flexibility index (Phi) is 6.73. The molecule has 0 aromatic heterocycles. The first-order valence-electron chi connectivity index (χ1n) is 7.40. The molecule has 1 aliphatic heterocycles. The van der Waals surface area contributed by atoms with E-state index >= 15 is 0 Å². The number of rotatable bonds is 7. The van der Waals surface area contributed by atoms with Crippen LogP contribution in [0.1, 0.15) is 40.5 Å². The molecule has 5 nitrogen and oxygen atoms in total. The van der Waals surface area contributed by atoms with Crippen molar-refractivity contribution in [2.75, 3.05) is 32.7 Å². The van der Waals surface area contributed by atoms with E-state index in [9.17, 15) is 8.42 Å². The van der Waals surface area contributed by atoms with Crippen LogP contribution in [-0.2, 0) is 10.2 Å². The number of hydrogen-bond donors (Lipinski definition) is 1. The Morgan fingerprint density at radius 2 is 1.95 bits per heavy atom. The van der Waals surface area contributed by atoms with E-state index in [1.165, 1.54) is 0 Å². The van der Waals surface area contributed by atoms with E-state index in [1.54, 1.807) is 8.61 Å². The highest BCUT2D eigenvalue weighted by Crippen LogP contribution is 2.20. The zero-order chi connectivity index (χ0) is 14.5. The second-order valence-corrected chi connectivity index (χ2v) is 7.45. The van der Waals surface area contributed by atoms with Crippen LogP contribution in [-0.4, -0.2) is 55.8 Å². The van der Waals surface area contributed by atoms with Crippen molar-refractivity contribution >= 4 is 10.2 Å². The van der Waals surface area contributed by atoms with Crippen molar-refractivity contribution in [1.29, 1.82) is 0 Å². The van der Waals surface area contributed by atoms with Gasteiger partial charge in [-0.2, -0.15) is 17.0 Å². The van der Waals surface area contributed by atoms with Crippen LogP contribution in [0.25, 0.3) is 0 Å². The molecule has 1 aliphatic rings. The van der Waals surface area contributed by atoms with Gasteiger partial charge in [0, 0.05) is 32.2 Å². The normalized spacial score (nSPS) is 22.3. The van der Waals surface area contributed by atoms with Crippen LogP contribution in [0.15, 0.2) is 0 Å². The van der Waals surface area contributed by atoms with Crippen LogP contribution in [0.5, 0.6) is 0 Å². The summed E-state index contributed by atoms with van der Waals surface area (Å²) >= 11 is 0. The number of hydrogen-bond acceptors (Lipinski definition) is 3. The predicted octanol–water partition coefficient (Wildman–Crippen LogP) is 1.28. The van der Waals surface area contributed by atoms with Gasteiger partial charge < -0.3 is 5.32 Å². The van der Waals surface area contributed by atoms with Gasteiger partial charge in [0.25, 0.3) is 10.2 Å². The second kappa shape index (κ2) is 7.57. The third-order valence-electron chi connectivity index (χ3n) is 3.65. The topological polar surface area (TPSA) is 52.7 Å². The van der Waals surface area contributed by atoms with Crippen molar-refractivity contribution in [3.8, 4) is 0 Å². The van der Waals surface area contributed by atoms with Gasteiger partial charge in [0.1, 0.15) is 0 Å². The molecular formula is C13H29N3O2S. The average Bonchev–Trinajstić information content (AvgIpc) is 2.38. The van der Waals surface area contributed by atoms with E-state index < -0.39 is 10.2 Å². The van der Waals surface area contributed by atoms with E-state index in [-0.39, 0.29) is 0 Å². The molecule has 1 rings (SSSR count). The van der Waals surface area contributed by atoms with E-state index in [1.807, 2.05) is 13.8 Å². The molecule has 0 aromatic carbocycles. The van der Waals surface area contributed by atoms with Gasteiger partial charge in [0.2, 0.25) is 0 Å². The third kappa shape index (κ3) is 4.70. The maximum atomic E-state index is 12.5. The highest BCUT2D eigenvalue weighted by molar-refractivity contribution is 7.86. The quantitative estimate of drug-likeness (QED) is 0.769. The van der Waals surface area contributed by atoms with Gasteiger partial charge in [0.15, 0.2) is 0 Å². The van der Waals surface area contributed by atoms with E-state index in [2.05, 4.69) is 19.2 Å². The first-order chi connectivity index (χ1) is 8.91. The minimum Gasteiger partial charge on any atom is -0.314 e. The predicted molar refractivity (Wildman–Crippen MR) is 79.3 cm³/mol. The summed E-state index contributed by atoms with van der Waals surface area (Å²) in [6, 6.07) is 0.453. The molecule has 114 valence electrons. The molecule has 1 heterocycles. The van der Waals surface area contributed by atoms with Gasteiger partial charge in [-0.25, -0.2) is 0 Å². The maximum absolute atomic E-state index is 12.5. The van der Waals surface area contributed by atoms with E-state index in [0.29, 0.717) is 38.1 Å². The monoisotopic (exact) mass is 291 g/mol. The summed E-state index contributed by atoms with van der Waals surface area (Å²) in [5.41, 5.74) is 0. The molecular weight excluding hydrogens is 262 g/mol. The van der Waals surface area contributed by atoms with Gasteiger partial charge in [-0.05, 0) is 25.3 Å². The molecule has 1 saturated heterocycles. The third-order valence-corrected chi connectivity index (χ3v) is 5.81. The van der Waals surface area contributed by atoms with Crippen LogP contribution in [0, 0.1) is 5.92 Å². The van der Waals surface area contributed by atoms with Crippen molar-refractivity contribution in [2.45, 2.75) is 46.6 Å². The van der Waals surface area contributed by atoms with Crippen molar-refractivity contribution in [1.82, 2.24) is 13.9 Å². The molecule has 0 radical (unpaired) electrons. The van der Waals surface area contributed by atoms with E-state index in [0.717, 1.165) is 19.4 Å². The molecule has 0 spiro atoms. The Labute approximate surface area is 118 Å². The highest BCUT2D eigenvalue weighted by atomic mass is 32.2. The summed E-state index contributed by atoms with van der Waals surface area (Å²) in [6.07, 6.45) is 2.08. The lowest BCUT2D eigenvalue weighted by atomic mass is 9.99. The van der Waals surface area contributed by atoms with Crippen LogP contribution >= 0.6 is 0 Å². The van der Waals surface area contributed by atoms with Gasteiger partial charge in [-0.15, -0.1) is 0 Å². The fourth-order valence-corrected chi connectivity index (χ4v) is 4.26. The summed E-state index contributed by atoms with van der Waals surface area (Å²) in [6.45, 7) is 11.3. The van der Waals surface area contributed by atoms with Crippen LogP contribution < -0.4 is 5.32 Å². The van der Waals surface area contributed by atoms with Crippen LogP contribution in [0.2, 0.25) is 0 Å². The first-order valence-corrected chi connectivity index (χ1v) is 8.80. The summed E-state index contributed by atoms with van der Waals surface area (Å²) in [5, 5.41) is 3.41. The zero-order valence-electron chi connectivity index (χ0n) is 12.7. The lowest BCUT2D eigenvalue weighted by Crippen LogP contribution is -2.49. The molecule has 1 atom stereocenters. The van der Waals surface area contributed by atoms with Crippen LogP contribution in [0.4, 0.5) is 0 Å². The standard InChI is InChI=1S/C13H29N3O2S/c1-5-15(6-2)19(17,18)16-9-7-8-13(11-16)10-14-12(3)4/h12-14H,5-11H2,1-4H3. The minimum absolute atomic E-state index is 0.432. The number of piperidine rings is 1. The first kappa shape index (κ1) is 16.9. The molecule has 0 aromatic rings. The molecule has 1 N–H and O–H groups in total. The van der Waals surface area contributed by atoms with Crippen molar-refractivity contribution < 1.29 is 8.42 Å². The van der Waals surface area contributed by atoms with Crippen molar-refractivity contribution in [2.24, 2.45) is 5.92 Å². The summed E-state index contributed by atoms with van der Waals surface area (Å²) < 4.78 is 28.1. The SMILES string of the molecule is CCN(CC)S(=O)(=O)N1CCCC(CNC(C)C)C1. The summed E-state index contributed by atoms with van der Waals surface area (Å²) in [7, 11) is -3.26. The Morgan fingerprint density at radius 3 is 2.47 bits per heavy atom. The molecule has 0 bridgehead atoms. The largest absolute Gasteiger partial charge is 0.314 e. The second-order valence-electron chi connectivity index (χ2n) is 5.52. The Hall–Kier alpha value is -0.170. The molecule has 0 aliphatic carbocycles. The average molecular weight is 291 g/mol. The van der Waals surface area contributed by atoms with Crippen molar-refractivity contribution in [3.05, 3.63) is 0 Å². The molecule has 0 saturated carbocycles. The summed E-state index contributed by atoms with van der Waals surface area (Å²) in [4.78, 5) is 0. The molecule has 0 amide bonds. The minimum atomic E-state index is -3.26. The van der Waals surface area contributed by atoms with Gasteiger partial charge >= 0.3 is 0 Å². The number of nitrogens with zero attached hydrogens (tertiary/aromatic N) is 2. The molecule has 6 heteroatoms. The number of nitrogens with one attached hydrogen (secondary N) is 1. The molecule has 19 heavy (non-hydrogen) atoms.